The standard InChI is InChI=1S/C15H30N2O2/c1-3-17-8-4-6-14(17)10-16(2)11-15(12-18)7-5-9-19-13-15/h14,18H,3-13H2,1-2H3. The molecular weight excluding hydrogens is 240 g/mol. The van der Waals surface area contributed by atoms with Crippen molar-refractivity contribution in [3.05, 3.63) is 0 Å². The molecule has 0 aromatic rings. The summed E-state index contributed by atoms with van der Waals surface area (Å²) in [6, 6.07) is 0.704. The molecule has 2 unspecified atom stereocenters. The highest BCUT2D eigenvalue weighted by atomic mass is 16.5. The van der Waals surface area contributed by atoms with Gasteiger partial charge in [0.25, 0.3) is 0 Å². The van der Waals surface area contributed by atoms with Crippen molar-refractivity contribution in [3.63, 3.8) is 0 Å². The van der Waals surface area contributed by atoms with E-state index < -0.39 is 0 Å². The van der Waals surface area contributed by atoms with E-state index in [4.69, 9.17) is 4.74 Å². The van der Waals surface area contributed by atoms with E-state index in [0.717, 1.165) is 45.7 Å². The predicted octanol–water partition coefficient (Wildman–Crippen LogP) is 1.19. The van der Waals surface area contributed by atoms with Crippen LogP contribution in [0, 0.1) is 5.41 Å². The Labute approximate surface area is 117 Å². The van der Waals surface area contributed by atoms with Crippen molar-refractivity contribution in [2.24, 2.45) is 5.41 Å². The van der Waals surface area contributed by atoms with Crippen molar-refractivity contribution >= 4 is 0 Å². The predicted molar refractivity (Wildman–Crippen MR) is 77.3 cm³/mol. The fourth-order valence-corrected chi connectivity index (χ4v) is 3.72. The molecule has 0 aromatic carbocycles. The lowest BCUT2D eigenvalue weighted by atomic mass is 9.83. The summed E-state index contributed by atoms with van der Waals surface area (Å²) < 4.78 is 5.59. The quantitative estimate of drug-likeness (QED) is 0.786. The Morgan fingerprint density at radius 3 is 2.89 bits per heavy atom. The normalized spacial score (nSPS) is 33.2. The molecule has 0 spiro atoms. The lowest BCUT2D eigenvalue weighted by Gasteiger charge is -2.39. The number of hydrogen-bond acceptors (Lipinski definition) is 4. The highest BCUT2D eigenvalue weighted by Crippen LogP contribution is 2.29. The summed E-state index contributed by atoms with van der Waals surface area (Å²) in [5, 5.41) is 9.73. The molecule has 1 N–H and O–H groups in total. The van der Waals surface area contributed by atoms with Gasteiger partial charge in [-0.25, -0.2) is 0 Å². The number of aliphatic hydroxyl groups excluding tert-OH is 1. The smallest absolute Gasteiger partial charge is 0.0556 e. The molecule has 4 heteroatoms. The molecule has 0 bridgehead atoms. The molecule has 2 aliphatic heterocycles. The van der Waals surface area contributed by atoms with E-state index in [1.807, 2.05) is 0 Å². The summed E-state index contributed by atoms with van der Waals surface area (Å²) >= 11 is 0. The molecule has 4 nitrogen and oxygen atoms in total. The number of nitrogens with zero attached hydrogens (tertiary/aromatic N) is 2. The minimum absolute atomic E-state index is 0.0251. The Morgan fingerprint density at radius 2 is 2.26 bits per heavy atom. The molecule has 2 aliphatic rings. The summed E-state index contributed by atoms with van der Waals surface area (Å²) in [6.45, 7) is 8.57. The van der Waals surface area contributed by atoms with Crippen LogP contribution in [0.1, 0.15) is 32.6 Å². The van der Waals surface area contributed by atoms with Crippen LogP contribution in [0.5, 0.6) is 0 Å². The van der Waals surface area contributed by atoms with Gasteiger partial charge >= 0.3 is 0 Å². The Balaban J connectivity index is 1.83. The molecule has 2 atom stereocenters. The van der Waals surface area contributed by atoms with E-state index in [2.05, 4.69) is 23.8 Å². The minimum Gasteiger partial charge on any atom is -0.396 e. The summed E-state index contributed by atoms with van der Waals surface area (Å²) in [6.07, 6.45) is 4.83. The lowest BCUT2D eigenvalue weighted by Crippen LogP contribution is -2.47. The molecule has 0 saturated carbocycles. The van der Waals surface area contributed by atoms with Crippen molar-refractivity contribution in [1.82, 2.24) is 9.80 Å². The highest BCUT2D eigenvalue weighted by molar-refractivity contribution is 4.87. The Hall–Kier alpha value is -0.160. The zero-order valence-electron chi connectivity index (χ0n) is 12.6. The third kappa shape index (κ3) is 3.91. The molecule has 2 rings (SSSR count). The fourth-order valence-electron chi connectivity index (χ4n) is 3.72. The van der Waals surface area contributed by atoms with Crippen LogP contribution >= 0.6 is 0 Å². The second-order valence-corrected chi connectivity index (χ2v) is 6.44. The van der Waals surface area contributed by atoms with Crippen LogP contribution in [-0.2, 0) is 4.74 Å². The molecule has 19 heavy (non-hydrogen) atoms. The van der Waals surface area contributed by atoms with Gasteiger partial charge in [-0.2, -0.15) is 0 Å². The van der Waals surface area contributed by atoms with Crippen molar-refractivity contribution < 1.29 is 9.84 Å². The molecule has 0 aliphatic carbocycles. The molecule has 2 heterocycles. The molecular formula is C15H30N2O2. The topological polar surface area (TPSA) is 35.9 Å². The van der Waals surface area contributed by atoms with E-state index in [1.54, 1.807) is 0 Å². The second kappa shape index (κ2) is 7.02. The maximum absolute atomic E-state index is 9.73. The lowest BCUT2D eigenvalue weighted by molar-refractivity contribution is -0.0539. The number of likely N-dealkylation sites (tertiary alicyclic amines) is 1. The molecule has 0 radical (unpaired) electrons. The van der Waals surface area contributed by atoms with Crippen LogP contribution in [0.3, 0.4) is 0 Å². The van der Waals surface area contributed by atoms with Gasteiger partial charge in [0.15, 0.2) is 0 Å². The number of ether oxygens (including phenoxy) is 1. The van der Waals surface area contributed by atoms with Crippen LogP contribution in [-0.4, -0.2) is 74.0 Å². The van der Waals surface area contributed by atoms with Gasteiger partial charge in [0.1, 0.15) is 0 Å². The van der Waals surface area contributed by atoms with Crippen molar-refractivity contribution in [1.29, 1.82) is 0 Å². The van der Waals surface area contributed by atoms with Gasteiger partial charge in [0.2, 0.25) is 0 Å². The summed E-state index contributed by atoms with van der Waals surface area (Å²) in [4.78, 5) is 4.99. The summed E-state index contributed by atoms with van der Waals surface area (Å²) in [5.41, 5.74) is -0.0251. The van der Waals surface area contributed by atoms with E-state index in [0.29, 0.717) is 6.04 Å². The third-order valence-corrected chi connectivity index (χ3v) is 4.77. The maximum atomic E-state index is 9.73. The highest BCUT2D eigenvalue weighted by Gasteiger charge is 2.34. The minimum atomic E-state index is -0.0251. The first-order valence-corrected chi connectivity index (χ1v) is 7.80. The van der Waals surface area contributed by atoms with Gasteiger partial charge in [-0.3, -0.25) is 4.90 Å². The van der Waals surface area contributed by atoms with Gasteiger partial charge in [-0.05, 0) is 45.8 Å². The zero-order chi connectivity index (χ0) is 13.7. The molecule has 112 valence electrons. The van der Waals surface area contributed by atoms with E-state index in [1.165, 1.54) is 19.4 Å². The Morgan fingerprint density at radius 1 is 1.42 bits per heavy atom. The SMILES string of the molecule is CCN1CCCC1CN(C)CC1(CO)CCCOC1. The monoisotopic (exact) mass is 270 g/mol. The summed E-state index contributed by atoms with van der Waals surface area (Å²) in [5.74, 6) is 0. The third-order valence-electron chi connectivity index (χ3n) is 4.77. The zero-order valence-corrected chi connectivity index (χ0v) is 12.6. The number of hydrogen-bond donors (Lipinski definition) is 1. The second-order valence-electron chi connectivity index (χ2n) is 6.44. The maximum Gasteiger partial charge on any atom is 0.0556 e. The van der Waals surface area contributed by atoms with Gasteiger partial charge in [0.05, 0.1) is 13.2 Å². The first kappa shape index (κ1) is 15.2. The molecule has 0 aromatic heterocycles. The van der Waals surface area contributed by atoms with Crippen LogP contribution < -0.4 is 0 Å². The van der Waals surface area contributed by atoms with Crippen LogP contribution in [0.25, 0.3) is 0 Å². The average Bonchev–Trinajstić information content (AvgIpc) is 2.86. The Kier molecular flexibility index (Phi) is 5.63. The molecule has 2 fully saturated rings. The molecule has 0 amide bonds. The van der Waals surface area contributed by atoms with Crippen LogP contribution in [0.4, 0.5) is 0 Å². The van der Waals surface area contributed by atoms with Gasteiger partial charge < -0.3 is 14.7 Å². The molecule has 2 saturated heterocycles. The van der Waals surface area contributed by atoms with E-state index in [-0.39, 0.29) is 12.0 Å². The largest absolute Gasteiger partial charge is 0.396 e. The fraction of sp³-hybridized carbons (Fsp3) is 1.00. The average molecular weight is 270 g/mol. The van der Waals surface area contributed by atoms with Gasteiger partial charge in [0, 0.05) is 31.2 Å². The van der Waals surface area contributed by atoms with Crippen LogP contribution in [0.15, 0.2) is 0 Å². The number of likely N-dealkylation sites (N-methyl/N-ethyl adjacent to an activating group) is 2. The van der Waals surface area contributed by atoms with Crippen molar-refractivity contribution in [2.75, 3.05) is 53.0 Å². The first-order chi connectivity index (χ1) is 9.19. The first-order valence-electron chi connectivity index (χ1n) is 7.80. The number of rotatable bonds is 6. The number of aliphatic hydroxyl groups is 1. The Bertz CT molecular complexity index is 267. The van der Waals surface area contributed by atoms with Crippen molar-refractivity contribution in [3.8, 4) is 0 Å². The van der Waals surface area contributed by atoms with Gasteiger partial charge in [-0.1, -0.05) is 6.92 Å². The van der Waals surface area contributed by atoms with Gasteiger partial charge in [-0.15, -0.1) is 0 Å². The summed E-state index contributed by atoms with van der Waals surface area (Å²) in [7, 11) is 2.19. The van der Waals surface area contributed by atoms with E-state index >= 15 is 0 Å². The van der Waals surface area contributed by atoms with Crippen LogP contribution in [0.2, 0.25) is 0 Å². The van der Waals surface area contributed by atoms with E-state index in [9.17, 15) is 5.11 Å². The van der Waals surface area contributed by atoms with Crippen molar-refractivity contribution in [2.45, 2.75) is 38.6 Å².